The second-order valence-electron chi connectivity index (χ2n) is 7.83. The fraction of sp³-hybridized carbons (Fsp3) is 0.261. The number of ether oxygens (including phenoxy) is 1. The predicted molar refractivity (Wildman–Crippen MR) is 114 cm³/mol. The molecule has 0 spiro atoms. The van der Waals surface area contributed by atoms with E-state index in [9.17, 15) is 9.59 Å². The third kappa shape index (κ3) is 3.32. The maximum Gasteiger partial charge on any atom is 0.254 e. The van der Waals surface area contributed by atoms with Crippen molar-refractivity contribution in [1.29, 1.82) is 0 Å². The highest BCUT2D eigenvalue weighted by molar-refractivity contribution is 6.31. The van der Waals surface area contributed by atoms with Gasteiger partial charge in [0.25, 0.3) is 11.8 Å². The molecule has 2 aromatic carbocycles. The number of benzene rings is 2. The smallest absolute Gasteiger partial charge is 0.254 e. The summed E-state index contributed by atoms with van der Waals surface area (Å²) >= 11 is 12.2. The third-order valence-electron chi connectivity index (χ3n) is 6.01. The van der Waals surface area contributed by atoms with Crippen molar-refractivity contribution in [2.75, 3.05) is 0 Å². The fourth-order valence-electron chi connectivity index (χ4n) is 4.66. The monoisotopic (exact) mass is 440 g/mol. The first-order chi connectivity index (χ1) is 14.5. The van der Waals surface area contributed by atoms with Crippen LogP contribution in [0.25, 0.3) is 0 Å². The van der Waals surface area contributed by atoms with Crippen molar-refractivity contribution in [3.8, 4) is 5.75 Å². The normalized spacial score (nSPS) is 26.8. The Labute approximate surface area is 183 Å². The first-order valence-corrected chi connectivity index (χ1v) is 10.5. The van der Waals surface area contributed by atoms with E-state index < -0.39 is 0 Å². The Bertz CT molecular complexity index is 1070. The lowest BCUT2D eigenvalue weighted by Gasteiger charge is -2.13. The van der Waals surface area contributed by atoms with Crippen LogP contribution in [0.2, 0.25) is 10.0 Å². The molecule has 152 valence electrons. The number of halogens is 2. The second kappa shape index (κ2) is 7.56. The SMILES string of the molecule is O=C1[C@@H]2[C@H](C(=O)N1/N=C\c1cc(Cl)ccc1OCc1cccc(Cl)c1)[C@H]1C=C[C@H]2C1. The minimum Gasteiger partial charge on any atom is -0.488 e. The summed E-state index contributed by atoms with van der Waals surface area (Å²) in [5, 5.41) is 6.38. The van der Waals surface area contributed by atoms with E-state index in [0.717, 1.165) is 17.0 Å². The molecule has 4 atom stereocenters. The Morgan fingerprint density at radius 2 is 1.70 bits per heavy atom. The zero-order chi connectivity index (χ0) is 20.8. The highest BCUT2D eigenvalue weighted by Crippen LogP contribution is 2.52. The molecule has 1 aliphatic heterocycles. The van der Waals surface area contributed by atoms with Crippen LogP contribution >= 0.6 is 23.2 Å². The zero-order valence-electron chi connectivity index (χ0n) is 15.9. The summed E-state index contributed by atoms with van der Waals surface area (Å²) in [4.78, 5) is 25.6. The highest BCUT2D eigenvalue weighted by Gasteiger charge is 2.59. The van der Waals surface area contributed by atoms with Crippen LogP contribution in [0.15, 0.2) is 59.7 Å². The van der Waals surface area contributed by atoms with Crippen molar-refractivity contribution >= 4 is 41.2 Å². The predicted octanol–water partition coefficient (Wildman–Crippen LogP) is 4.71. The van der Waals surface area contributed by atoms with E-state index in [2.05, 4.69) is 17.3 Å². The summed E-state index contributed by atoms with van der Waals surface area (Å²) in [6.45, 7) is 0.309. The molecular weight excluding hydrogens is 423 g/mol. The van der Waals surface area contributed by atoms with E-state index in [1.165, 1.54) is 6.21 Å². The van der Waals surface area contributed by atoms with Crippen LogP contribution in [0, 0.1) is 23.7 Å². The average molecular weight is 441 g/mol. The quantitative estimate of drug-likeness (QED) is 0.384. The Morgan fingerprint density at radius 1 is 1.00 bits per heavy atom. The molecule has 0 N–H and O–H groups in total. The number of hydrazone groups is 1. The van der Waals surface area contributed by atoms with Crippen LogP contribution in [-0.2, 0) is 16.2 Å². The van der Waals surface area contributed by atoms with Crippen LogP contribution in [0.5, 0.6) is 5.75 Å². The summed E-state index contributed by atoms with van der Waals surface area (Å²) in [7, 11) is 0. The molecule has 30 heavy (non-hydrogen) atoms. The standard InChI is InChI=1S/C23H18Cl2N2O3/c24-17-3-1-2-13(8-17)12-30-19-7-6-18(25)10-16(19)11-26-27-22(28)20-14-4-5-15(9-14)21(20)23(27)29/h1-8,10-11,14-15,20-21H,9,12H2/b26-11-/t14-,15-,20-,21+/m0/s1. The summed E-state index contributed by atoms with van der Waals surface area (Å²) in [6, 6.07) is 12.5. The Kier molecular flexibility index (Phi) is 4.88. The second-order valence-corrected chi connectivity index (χ2v) is 8.71. The minimum absolute atomic E-state index is 0.152. The molecule has 7 heteroatoms. The molecular formula is C23H18Cl2N2O3. The van der Waals surface area contributed by atoms with Gasteiger partial charge in [-0.15, -0.1) is 0 Å². The van der Waals surface area contributed by atoms with Crippen molar-refractivity contribution in [2.24, 2.45) is 28.8 Å². The van der Waals surface area contributed by atoms with Gasteiger partial charge in [0, 0.05) is 15.6 Å². The maximum absolute atomic E-state index is 12.8. The lowest BCUT2D eigenvalue weighted by Crippen LogP contribution is -2.28. The van der Waals surface area contributed by atoms with Crippen LogP contribution in [-0.4, -0.2) is 23.0 Å². The highest BCUT2D eigenvalue weighted by atomic mass is 35.5. The van der Waals surface area contributed by atoms with Crippen LogP contribution in [0.4, 0.5) is 0 Å². The Hall–Kier alpha value is -2.63. The number of hydrogen-bond acceptors (Lipinski definition) is 4. The molecule has 3 aliphatic rings. The van der Waals surface area contributed by atoms with Gasteiger partial charge in [-0.25, -0.2) is 0 Å². The van der Waals surface area contributed by atoms with Gasteiger partial charge in [-0.3, -0.25) is 9.59 Å². The Balaban J connectivity index is 1.36. The van der Waals surface area contributed by atoms with E-state index in [4.69, 9.17) is 27.9 Å². The summed E-state index contributed by atoms with van der Waals surface area (Å²) in [5.41, 5.74) is 1.50. The lowest BCUT2D eigenvalue weighted by atomic mass is 9.85. The molecule has 2 aliphatic carbocycles. The van der Waals surface area contributed by atoms with E-state index in [0.29, 0.717) is 28.0 Å². The molecule has 1 saturated carbocycles. The van der Waals surface area contributed by atoms with Gasteiger partial charge in [0.15, 0.2) is 0 Å². The number of imide groups is 1. The molecule has 2 fully saturated rings. The molecule has 2 amide bonds. The van der Waals surface area contributed by atoms with Crippen molar-refractivity contribution in [3.63, 3.8) is 0 Å². The van der Waals surface area contributed by atoms with Crippen LogP contribution in [0.3, 0.4) is 0 Å². The number of carbonyl (C=O) groups excluding carboxylic acids is 2. The van der Waals surface area contributed by atoms with Gasteiger partial charge in [0.1, 0.15) is 12.4 Å². The number of carbonyl (C=O) groups is 2. The number of amides is 2. The Morgan fingerprint density at radius 3 is 2.40 bits per heavy atom. The van der Waals surface area contributed by atoms with Gasteiger partial charge < -0.3 is 4.74 Å². The molecule has 1 saturated heterocycles. The molecule has 2 bridgehead atoms. The number of fused-ring (bicyclic) bond motifs is 5. The van der Waals surface area contributed by atoms with Gasteiger partial charge >= 0.3 is 0 Å². The average Bonchev–Trinajstić information content (AvgIpc) is 3.40. The van der Waals surface area contributed by atoms with Gasteiger partial charge in [-0.2, -0.15) is 10.1 Å². The number of rotatable bonds is 5. The topological polar surface area (TPSA) is 59.0 Å². The van der Waals surface area contributed by atoms with E-state index >= 15 is 0 Å². The van der Waals surface area contributed by atoms with Crippen molar-refractivity contribution in [2.45, 2.75) is 13.0 Å². The van der Waals surface area contributed by atoms with Crippen molar-refractivity contribution in [3.05, 3.63) is 75.8 Å². The van der Waals surface area contributed by atoms with Gasteiger partial charge in [-0.05, 0) is 54.2 Å². The summed E-state index contributed by atoms with van der Waals surface area (Å²) < 4.78 is 5.91. The number of nitrogens with zero attached hydrogens (tertiary/aromatic N) is 2. The van der Waals surface area contributed by atoms with E-state index in [1.807, 2.05) is 18.2 Å². The molecule has 2 aromatic rings. The largest absolute Gasteiger partial charge is 0.488 e. The maximum atomic E-state index is 12.8. The van der Waals surface area contributed by atoms with Crippen LogP contribution in [0.1, 0.15) is 17.5 Å². The molecule has 5 nitrogen and oxygen atoms in total. The van der Waals surface area contributed by atoms with Crippen molar-refractivity contribution in [1.82, 2.24) is 5.01 Å². The lowest BCUT2D eigenvalue weighted by molar-refractivity contribution is -0.140. The van der Waals surface area contributed by atoms with Gasteiger partial charge in [0.05, 0.1) is 18.1 Å². The molecule has 1 heterocycles. The first kappa shape index (κ1) is 19.3. The summed E-state index contributed by atoms with van der Waals surface area (Å²) in [6.07, 6.45) is 6.47. The number of hydrogen-bond donors (Lipinski definition) is 0. The fourth-order valence-corrected chi connectivity index (χ4v) is 5.05. The zero-order valence-corrected chi connectivity index (χ0v) is 17.4. The van der Waals surface area contributed by atoms with E-state index in [-0.39, 0.29) is 35.5 Å². The van der Waals surface area contributed by atoms with Gasteiger partial charge in [0.2, 0.25) is 0 Å². The number of allylic oxidation sites excluding steroid dienone is 2. The molecule has 0 unspecified atom stereocenters. The van der Waals surface area contributed by atoms with Crippen molar-refractivity contribution < 1.29 is 14.3 Å². The minimum atomic E-state index is -0.275. The van der Waals surface area contributed by atoms with Crippen LogP contribution < -0.4 is 4.74 Å². The third-order valence-corrected chi connectivity index (χ3v) is 6.48. The molecule has 0 radical (unpaired) electrons. The van der Waals surface area contributed by atoms with E-state index in [1.54, 1.807) is 24.3 Å². The van der Waals surface area contributed by atoms with Gasteiger partial charge in [-0.1, -0.05) is 47.5 Å². The molecule has 0 aromatic heterocycles. The first-order valence-electron chi connectivity index (χ1n) is 9.78. The summed E-state index contributed by atoms with van der Waals surface area (Å²) in [5.74, 6) is -0.142. The molecule has 5 rings (SSSR count).